The summed E-state index contributed by atoms with van der Waals surface area (Å²) in [6, 6.07) is 3.17. The van der Waals surface area contributed by atoms with E-state index in [0.717, 1.165) is 0 Å². The summed E-state index contributed by atoms with van der Waals surface area (Å²) in [7, 11) is 0. The van der Waals surface area contributed by atoms with Gasteiger partial charge in [-0.25, -0.2) is 0 Å². The molecule has 1 N–H and O–H groups in total. The Labute approximate surface area is 121 Å². The second kappa shape index (κ2) is 5.06. The Morgan fingerprint density at radius 1 is 1.58 bits per heavy atom. The molecule has 0 saturated carbocycles. The van der Waals surface area contributed by atoms with E-state index >= 15 is 0 Å². The maximum absolute atomic E-state index is 11.8. The van der Waals surface area contributed by atoms with E-state index < -0.39 is 11.4 Å². The molecule has 19 heavy (non-hydrogen) atoms. The van der Waals surface area contributed by atoms with Gasteiger partial charge >= 0.3 is 5.97 Å². The number of carboxylic acids is 1. The lowest BCUT2D eigenvalue weighted by atomic mass is 9.72. The Hall–Kier alpha value is -1.19. The lowest BCUT2D eigenvalue weighted by Gasteiger charge is -2.38. The Balaban J connectivity index is 2.68. The number of hydrogen-bond donors (Lipinski definition) is 1. The third-order valence-corrected chi connectivity index (χ3v) is 4.13. The normalized spacial score (nSPS) is 25.3. The SMILES string of the molecule is C=CCC1(C(=O)O)CC(C)Oc2cc(Cl)c(Cl)cc21. The molecule has 1 aliphatic heterocycles. The van der Waals surface area contributed by atoms with Crippen LogP contribution in [0.25, 0.3) is 0 Å². The highest BCUT2D eigenvalue weighted by Gasteiger charge is 2.46. The number of carbonyl (C=O) groups is 1. The predicted molar refractivity (Wildman–Crippen MR) is 75.3 cm³/mol. The zero-order valence-corrected chi connectivity index (χ0v) is 12.0. The summed E-state index contributed by atoms with van der Waals surface area (Å²) in [4.78, 5) is 11.8. The number of halogens is 2. The van der Waals surface area contributed by atoms with Gasteiger partial charge in [0.15, 0.2) is 0 Å². The van der Waals surface area contributed by atoms with Crippen LogP contribution in [0, 0.1) is 0 Å². The van der Waals surface area contributed by atoms with Crippen molar-refractivity contribution in [3.8, 4) is 5.75 Å². The largest absolute Gasteiger partial charge is 0.490 e. The lowest BCUT2D eigenvalue weighted by Crippen LogP contribution is -2.43. The van der Waals surface area contributed by atoms with Gasteiger partial charge in [0.1, 0.15) is 11.2 Å². The van der Waals surface area contributed by atoms with Crippen molar-refractivity contribution in [1.29, 1.82) is 0 Å². The van der Waals surface area contributed by atoms with Crippen LogP contribution in [0.5, 0.6) is 5.75 Å². The van der Waals surface area contributed by atoms with E-state index in [0.29, 0.717) is 34.2 Å². The molecule has 0 spiro atoms. The first-order valence-electron chi connectivity index (χ1n) is 5.91. The van der Waals surface area contributed by atoms with Crippen LogP contribution in [-0.4, -0.2) is 17.2 Å². The smallest absolute Gasteiger partial charge is 0.314 e. The van der Waals surface area contributed by atoms with Crippen LogP contribution >= 0.6 is 23.2 Å². The minimum atomic E-state index is -1.05. The van der Waals surface area contributed by atoms with Gasteiger partial charge in [0, 0.05) is 18.1 Å². The third kappa shape index (κ3) is 2.33. The molecular formula is C14H14Cl2O3. The molecule has 1 aliphatic rings. The number of carboxylic acid groups (broad SMARTS) is 1. The molecule has 3 nitrogen and oxygen atoms in total. The van der Waals surface area contributed by atoms with Crippen molar-refractivity contribution in [2.24, 2.45) is 0 Å². The highest BCUT2D eigenvalue weighted by atomic mass is 35.5. The van der Waals surface area contributed by atoms with Crippen molar-refractivity contribution in [3.05, 3.63) is 40.4 Å². The lowest BCUT2D eigenvalue weighted by molar-refractivity contribution is -0.145. The molecule has 2 atom stereocenters. The number of rotatable bonds is 3. The van der Waals surface area contributed by atoms with Crippen molar-refractivity contribution in [1.82, 2.24) is 0 Å². The molecule has 1 aromatic carbocycles. The van der Waals surface area contributed by atoms with Gasteiger partial charge in [-0.1, -0.05) is 29.3 Å². The van der Waals surface area contributed by atoms with Crippen molar-refractivity contribution in [2.45, 2.75) is 31.3 Å². The Morgan fingerprint density at radius 3 is 2.79 bits per heavy atom. The molecule has 0 aromatic heterocycles. The molecule has 0 aliphatic carbocycles. The van der Waals surface area contributed by atoms with Crippen molar-refractivity contribution in [2.75, 3.05) is 0 Å². The molecule has 2 rings (SSSR count). The van der Waals surface area contributed by atoms with Gasteiger partial charge in [0.2, 0.25) is 0 Å². The molecule has 0 fully saturated rings. The highest BCUT2D eigenvalue weighted by Crippen LogP contribution is 2.46. The Kier molecular flexibility index (Phi) is 3.79. The number of aliphatic carboxylic acids is 1. The molecule has 0 saturated heterocycles. The van der Waals surface area contributed by atoms with Gasteiger partial charge in [-0.05, 0) is 19.4 Å². The first kappa shape index (κ1) is 14.2. The monoisotopic (exact) mass is 300 g/mol. The molecule has 2 unspecified atom stereocenters. The van der Waals surface area contributed by atoms with Gasteiger partial charge in [0.25, 0.3) is 0 Å². The number of hydrogen-bond acceptors (Lipinski definition) is 2. The number of benzene rings is 1. The van der Waals surface area contributed by atoms with Gasteiger partial charge in [-0.15, -0.1) is 6.58 Å². The van der Waals surface area contributed by atoms with E-state index in [1.165, 1.54) is 0 Å². The number of allylic oxidation sites excluding steroid dienone is 1. The van der Waals surface area contributed by atoms with Crippen molar-refractivity contribution >= 4 is 29.2 Å². The first-order chi connectivity index (χ1) is 8.90. The summed E-state index contributed by atoms with van der Waals surface area (Å²) in [5.74, 6) is -0.417. The standard InChI is InChI=1S/C14H14Cl2O3/c1-3-4-14(13(17)18)7-8(2)19-12-6-11(16)10(15)5-9(12)14/h3,5-6,8H,1,4,7H2,2H3,(H,17,18). The fourth-order valence-corrected chi connectivity index (χ4v) is 2.91. The average Bonchev–Trinajstić information content (AvgIpc) is 2.31. The zero-order valence-electron chi connectivity index (χ0n) is 10.5. The minimum absolute atomic E-state index is 0.208. The predicted octanol–water partition coefficient (Wildman–Crippen LogP) is 4.06. The van der Waals surface area contributed by atoms with E-state index in [1.807, 2.05) is 6.92 Å². The Bertz CT molecular complexity index is 542. The van der Waals surface area contributed by atoms with Gasteiger partial charge in [-0.3, -0.25) is 4.79 Å². The van der Waals surface area contributed by atoms with Crippen LogP contribution in [0.4, 0.5) is 0 Å². The average molecular weight is 301 g/mol. The number of fused-ring (bicyclic) bond motifs is 1. The maximum Gasteiger partial charge on any atom is 0.314 e. The molecular weight excluding hydrogens is 287 g/mol. The fourth-order valence-electron chi connectivity index (χ4n) is 2.59. The Morgan fingerprint density at radius 2 is 2.21 bits per heavy atom. The summed E-state index contributed by atoms with van der Waals surface area (Å²) in [6.07, 6.45) is 2.10. The molecule has 5 heteroatoms. The molecule has 1 aromatic rings. The quantitative estimate of drug-likeness (QED) is 0.856. The molecule has 0 bridgehead atoms. The van der Waals surface area contributed by atoms with E-state index in [-0.39, 0.29) is 6.10 Å². The maximum atomic E-state index is 11.8. The second-order valence-electron chi connectivity index (χ2n) is 4.78. The van der Waals surface area contributed by atoms with Crippen LogP contribution in [-0.2, 0) is 10.2 Å². The van der Waals surface area contributed by atoms with E-state index in [4.69, 9.17) is 27.9 Å². The van der Waals surface area contributed by atoms with E-state index in [2.05, 4.69) is 6.58 Å². The summed E-state index contributed by atoms with van der Waals surface area (Å²) in [5.41, 5.74) is -0.490. The molecule has 1 heterocycles. The summed E-state index contributed by atoms with van der Waals surface area (Å²) in [5, 5.41) is 10.3. The van der Waals surface area contributed by atoms with Crippen LogP contribution in [0.15, 0.2) is 24.8 Å². The van der Waals surface area contributed by atoms with Crippen LogP contribution in [0.2, 0.25) is 10.0 Å². The zero-order chi connectivity index (χ0) is 14.2. The minimum Gasteiger partial charge on any atom is -0.490 e. The second-order valence-corrected chi connectivity index (χ2v) is 5.59. The fraction of sp³-hybridized carbons (Fsp3) is 0.357. The summed E-state index contributed by atoms with van der Waals surface area (Å²) in [6.45, 7) is 5.50. The molecule has 0 amide bonds. The highest BCUT2D eigenvalue weighted by molar-refractivity contribution is 6.42. The van der Waals surface area contributed by atoms with Gasteiger partial charge in [0.05, 0.1) is 16.1 Å². The van der Waals surface area contributed by atoms with E-state index in [9.17, 15) is 9.90 Å². The van der Waals surface area contributed by atoms with Gasteiger partial charge < -0.3 is 9.84 Å². The number of ether oxygens (including phenoxy) is 1. The molecule has 102 valence electrons. The topological polar surface area (TPSA) is 46.5 Å². The van der Waals surface area contributed by atoms with Gasteiger partial charge in [-0.2, -0.15) is 0 Å². The summed E-state index contributed by atoms with van der Waals surface area (Å²) >= 11 is 12.0. The van der Waals surface area contributed by atoms with E-state index in [1.54, 1.807) is 18.2 Å². The third-order valence-electron chi connectivity index (χ3n) is 3.40. The van der Waals surface area contributed by atoms with Crippen molar-refractivity contribution in [3.63, 3.8) is 0 Å². The van der Waals surface area contributed by atoms with Crippen LogP contribution in [0.3, 0.4) is 0 Å². The van der Waals surface area contributed by atoms with Crippen LogP contribution in [0.1, 0.15) is 25.3 Å². The first-order valence-corrected chi connectivity index (χ1v) is 6.67. The summed E-state index contributed by atoms with van der Waals surface area (Å²) < 4.78 is 5.68. The van der Waals surface area contributed by atoms with Crippen LogP contribution < -0.4 is 4.74 Å². The van der Waals surface area contributed by atoms with Crippen molar-refractivity contribution < 1.29 is 14.6 Å². The molecule has 0 radical (unpaired) electrons.